The van der Waals surface area contributed by atoms with Crippen LogP contribution in [-0.2, 0) is 6.61 Å². The van der Waals surface area contributed by atoms with Gasteiger partial charge in [-0.05, 0) is 19.1 Å². The molecule has 1 heterocycles. The lowest BCUT2D eigenvalue weighted by Gasteiger charge is -1.96. The highest BCUT2D eigenvalue weighted by molar-refractivity contribution is 5.60. The molecular weight excluding hydrogens is 176 g/mol. The Morgan fingerprint density at radius 2 is 2.21 bits per heavy atom. The van der Waals surface area contributed by atoms with Crippen LogP contribution in [-0.4, -0.2) is 15.3 Å². The number of aliphatic hydroxyl groups is 1. The second-order valence-electron chi connectivity index (χ2n) is 3.31. The number of benzene rings is 1. The third-order valence-corrected chi connectivity index (χ3v) is 2.12. The van der Waals surface area contributed by atoms with Crippen molar-refractivity contribution in [2.24, 2.45) is 0 Å². The molecule has 0 radical (unpaired) electrons. The topological polar surface area (TPSA) is 48.9 Å². The Kier molecular flexibility index (Phi) is 2.33. The quantitative estimate of drug-likeness (QED) is 0.756. The van der Waals surface area contributed by atoms with Gasteiger partial charge in [-0.3, -0.25) is 5.10 Å². The first-order valence-electron chi connectivity index (χ1n) is 4.52. The summed E-state index contributed by atoms with van der Waals surface area (Å²) < 4.78 is 0. The Balaban J connectivity index is 2.39. The van der Waals surface area contributed by atoms with Crippen molar-refractivity contribution in [2.75, 3.05) is 0 Å². The van der Waals surface area contributed by atoms with Crippen LogP contribution in [0.15, 0.2) is 30.3 Å². The van der Waals surface area contributed by atoms with Gasteiger partial charge >= 0.3 is 0 Å². The number of H-pyrrole nitrogens is 1. The molecule has 2 rings (SSSR count). The SMILES string of the molecule is Cc1cccc(-c2cc(CO)[nH]n2)c1. The number of aromatic amines is 1. The van der Waals surface area contributed by atoms with Crippen LogP contribution in [0.1, 0.15) is 11.3 Å². The number of aromatic nitrogens is 2. The van der Waals surface area contributed by atoms with E-state index in [0.29, 0.717) is 0 Å². The highest BCUT2D eigenvalue weighted by Gasteiger charge is 2.02. The van der Waals surface area contributed by atoms with E-state index >= 15 is 0 Å². The van der Waals surface area contributed by atoms with Crippen molar-refractivity contribution in [2.45, 2.75) is 13.5 Å². The number of aliphatic hydroxyl groups excluding tert-OH is 1. The maximum Gasteiger partial charge on any atom is 0.0924 e. The zero-order valence-electron chi connectivity index (χ0n) is 7.99. The molecule has 2 aromatic rings. The van der Waals surface area contributed by atoms with Crippen molar-refractivity contribution >= 4 is 0 Å². The van der Waals surface area contributed by atoms with E-state index < -0.39 is 0 Å². The number of aryl methyl sites for hydroxylation is 1. The summed E-state index contributed by atoms with van der Waals surface area (Å²) in [6, 6.07) is 9.97. The molecule has 2 N–H and O–H groups in total. The van der Waals surface area contributed by atoms with E-state index in [4.69, 9.17) is 5.11 Å². The smallest absolute Gasteiger partial charge is 0.0924 e. The first-order chi connectivity index (χ1) is 6.79. The summed E-state index contributed by atoms with van der Waals surface area (Å²) in [6.07, 6.45) is 0. The van der Waals surface area contributed by atoms with Gasteiger partial charge in [0.1, 0.15) is 0 Å². The molecule has 72 valence electrons. The van der Waals surface area contributed by atoms with E-state index in [0.717, 1.165) is 17.0 Å². The molecule has 0 aliphatic heterocycles. The fourth-order valence-electron chi connectivity index (χ4n) is 1.39. The van der Waals surface area contributed by atoms with Gasteiger partial charge in [-0.25, -0.2) is 0 Å². The van der Waals surface area contributed by atoms with Gasteiger partial charge in [0.15, 0.2) is 0 Å². The number of hydrogen-bond donors (Lipinski definition) is 2. The molecule has 0 amide bonds. The van der Waals surface area contributed by atoms with Gasteiger partial charge in [0.05, 0.1) is 18.0 Å². The fraction of sp³-hybridized carbons (Fsp3) is 0.182. The monoisotopic (exact) mass is 188 g/mol. The molecule has 0 saturated carbocycles. The van der Waals surface area contributed by atoms with Crippen LogP contribution in [0.5, 0.6) is 0 Å². The van der Waals surface area contributed by atoms with Crippen LogP contribution < -0.4 is 0 Å². The van der Waals surface area contributed by atoms with E-state index in [9.17, 15) is 0 Å². The molecule has 0 fully saturated rings. The third kappa shape index (κ3) is 1.67. The van der Waals surface area contributed by atoms with Gasteiger partial charge in [-0.1, -0.05) is 23.8 Å². The predicted octanol–water partition coefficient (Wildman–Crippen LogP) is 1.88. The molecule has 0 aliphatic carbocycles. The molecule has 1 aromatic heterocycles. The van der Waals surface area contributed by atoms with Crippen LogP contribution >= 0.6 is 0 Å². The van der Waals surface area contributed by atoms with Crippen molar-refractivity contribution in [1.29, 1.82) is 0 Å². The van der Waals surface area contributed by atoms with Gasteiger partial charge in [0, 0.05) is 5.56 Å². The molecule has 3 nitrogen and oxygen atoms in total. The zero-order valence-corrected chi connectivity index (χ0v) is 7.99. The second-order valence-corrected chi connectivity index (χ2v) is 3.31. The summed E-state index contributed by atoms with van der Waals surface area (Å²) in [5, 5.41) is 15.8. The minimum atomic E-state index is -0.00117. The lowest BCUT2D eigenvalue weighted by atomic mass is 10.1. The number of rotatable bonds is 2. The van der Waals surface area contributed by atoms with E-state index in [1.54, 1.807) is 0 Å². The van der Waals surface area contributed by atoms with E-state index in [1.807, 2.05) is 31.2 Å². The third-order valence-electron chi connectivity index (χ3n) is 2.12. The minimum Gasteiger partial charge on any atom is -0.390 e. The minimum absolute atomic E-state index is 0.00117. The molecule has 1 aromatic carbocycles. The predicted molar refractivity (Wildman–Crippen MR) is 54.7 cm³/mol. The summed E-state index contributed by atoms with van der Waals surface area (Å²) in [4.78, 5) is 0. The van der Waals surface area contributed by atoms with Gasteiger partial charge in [0.2, 0.25) is 0 Å². The maximum absolute atomic E-state index is 8.88. The number of hydrogen-bond acceptors (Lipinski definition) is 2. The molecule has 0 unspecified atom stereocenters. The lowest BCUT2D eigenvalue weighted by Crippen LogP contribution is -1.79. The highest BCUT2D eigenvalue weighted by Crippen LogP contribution is 2.18. The van der Waals surface area contributed by atoms with Gasteiger partial charge in [0.25, 0.3) is 0 Å². The number of nitrogens with one attached hydrogen (secondary N) is 1. The molecular formula is C11H12N2O. The summed E-state index contributed by atoms with van der Waals surface area (Å²) in [7, 11) is 0. The molecule has 0 bridgehead atoms. The van der Waals surface area contributed by atoms with E-state index in [-0.39, 0.29) is 6.61 Å². The normalized spacial score (nSPS) is 10.4. The standard InChI is InChI=1S/C11H12N2O/c1-8-3-2-4-9(5-8)11-6-10(7-14)12-13-11/h2-6,14H,7H2,1H3,(H,12,13). The van der Waals surface area contributed by atoms with Crippen molar-refractivity contribution in [1.82, 2.24) is 10.2 Å². The zero-order chi connectivity index (χ0) is 9.97. The fourth-order valence-corrected chi connectivity index (χ4v) is 1.39. The van der Waals surface area contributed by atoms with Gasteiger partial charge in [-0.2, -0.15) is 5.10 Å². The molecule has 0 atom stereocenters. The summed E-state index contributed by atoms with van der Waals surface area (Å²) in [5.41, 5.74) is 3.89. The first kappa shape index (κ1) is 8.97. The summed E-state index contributed by atoms with van der Waals surface area (Å²) in [5.74, 6) is 0. The van der Waals surface area contributed by atoms with Crippen LogP contribution in [0.4, 0.5) is 0 Å². The first-order valence-corrected chi connectivity index (χ1v) is 4.52. The van der Waals surface area contributed by atoms with Gasteiger partial charge < -0.3 is 5.11 Å². The second kappa shape index (κ2) is 3.64. The van der Waals surface area contributed by atoms with Crippen molar-refractivity contribution in [3.05, 3.63) is 41.6 Å². The average molecular weight is 188 g/mol. The molecule has 0 aliphatic rings. The maximum atomic E-state index is 8.88. The summed E-state index contributed by atoms with van der Waals surface area (Å²) in [6.45, 7) is 2.04. The average Bonchev–Trinajstić information content (AvgIpc) is 2.66. The Morgan fingerprint density at radius 1 is 1.36 bits per heavy atom. The van der Waals surface area contributed by atoms with Crippen molar-refractivity contribution < 1.29 is 5.11 Å². The Labute approximate surface area is 82.4 Å². The largest absolute Gasteiger partial charge is 0.390 e. The van der Waals surface area contributed by atoms with E-state index in [2.05, 4.69) is 16.3 Å². The van der Waals surface area contributed by atoms with Crippen LogP contribution in [0.2, 0.25) is 0 Å². The Morgan fingerprint density at radius 3 is 2.86 bits per heavy atom. The molecule has 3 heteroatoms. The molecule has 0 spiro atoms. The Hall–Kier alpha value is -1.61. The van der Waals surface area contributed by atoms with Crippen LogP contribution in [0, 0.1) is 6.92 Å². The van der Waals surface area contributed by atoms with E-state index in [1.165, 1.54) is 5.56 Å². The van der Waals surface area contributed by atoms with Crippen molar-refractivity contribution in [3.8, 4) is 11.3 Å². The lowest BCUT2D eigenvalue weighted by molar-refractivity contribution is 0.276. The van der Waals surface area contributed by atoms with Crippen molar-refractivity contribution in [3.63, 3.8) is 0 Å². The Bertz CT molecular complexity index is 434. The highest BCUT2D eigenvalue weighted by atomic mass is 16.3. The number of nitrogens with zero attached hydrogens (tertiary/aromatic N) is 1. The van der Waals surface area contributed by atoms with Crippen LogP contribution in [0.25, 0.3) is 11.3 Å². The molecule has 14 heavy (non-hydrogen) atoms. The van der Waals surface area contributed by atoms with Crippen LogP contribution in [0.3, 0.4) is 0 Å². The summed E-state index contributed by atoms with van der Waals surface area (Å²) >= 11 is 0. The van der Waals surface area contributed by atoms with Gasteiger partial charge in [-0.15, -0.1) is 0 Å². The molecule has 0 saturated heterocycles.